The number of anilines is 1. The Bertz CT molecular complexity index is 785. The molecule has 2 amide bonds. The third kappa shape index (κ3) is 4.32. The maximum atomic E-state index is 12.6. The highest BCUT2D eigenvalue weighted by Gasteiger charge is 2.22. The fourth-order valence-electron chi connectivity index (χ4n) is 2.62. The molecule has 3 rings (SSSR count). The Morgan fingerprint density at radius 3 is 2.73 bits per heavy atom. The Kier molecular flexibility index (Phi) is 6.08. The van der Waals surface area contributed by atoms with Crippen LogP contribution in [0.25, 0.3) is 0 Å². The zero-order chi connectivity index (χ0) is 18.5. The van der Waals surface area contributed by atoms with E-state index in [1.165, 1.54) is 4.90 Å². The molecule has 0 bridgehead atoms. The van der Waals surface area contributed by atoms with Crippen molar-refractivity contribution in [3.05, 3.63) is 52.4 Å². The summed E-state index contributed by atoms with van der Waals surface area (Å²) in [6.07, 6.45) is -0.167. The highest BCUT2D eigenvalue weighted by atomic mass is 79.9. The fourth-order valence-corrected chi connectivity index (χ4v) is 2.92. The van der Waals surface area contributed by atoms with Gasteiger partial charge in [0.15, 0.2) is 10.4 Å². The minimum absolute atomic E-state index is 0.167. The number of halogens is 1. The summed E-state index contributed by atoms with van der Waals surface area (Å²) in [6.45, 7) is 1.89. The molecule has 7 nitrogen and oxygen atoms in total. The van der Waals surface area contributed by atoms with Gasteiger partial charge in [0.25, 0.3) is 11.8 Å². The van der Waals surface area contributed by atoms with Crippen molar-refractivity contribution >= 4 is 33.4 Å². The van der Waals surface area contributed by atoms with Crippen LogP contribution in [0, 0.1) is 0 Å². The van der Waals surface area contributed by atoms with Crippen LogP contribution in [0.3, 0.4) is 0 Å². The smallest absolute Gasteiger partial charge is 0.293 e. The molecule has 0 unspecified atom stereocenters. The molecule has 26 heavy (non-hydrogen) atoms. The summed E-state index contributed by atoms with van der Waals surface area (Å²) in [5.41, 5.74) is 0.883. The first-order chi connectivity index (χ1) is 12.6. The SMILES string of the molecule is CN(C(=O)c1ccc(Br)o1)c1ccccc1C(=O)NC[C@H]1COCCO1. The molecule has 1 aliphatic rings. The number of carbonyl (C=O) groups excluding carboxylic acids is 2. The van der Waals surface area contributed by atoms with Gasteiger partial charge in [-0.2, -0.15) is 0 Å². The predicted molar refractivity (Wildman–Crippen MR) is 98.5 cm³/mol. The first-order valence-electron chi connectivity index (χ1n) is 8.16. The molecule has 8 heteroatoms. The largest absolute Gasteiger partial charge is 0.444 e. The van der Waals surface area contributed by atoms with Gasteiger partial charge in [0.2, 0.25) is 0 Å². The lowest BCUT2D eigenvalue weighted by Gasteiger charge is -2.24. The molecular weight excluding hydrogens is 404 g/mol. The van der Waals surface area contributed by atoms with E-state index in [1.807, 2.05) is 0 Å². The number of nitrogens with one attached hydrogen (secondary N) is 1. The van der Waals surface area contributed by atoms with Crippen molar-refractivity contribution in [2.75, 3.05) is 38.3 Å². The van der Waals surface area contributed by atoms with E-state index in [0.717, 1.165) is 0 Å². The lowest BCUT2D eigenvalue weighted by atomic mass is 10.1. The highest BCUT2D eigenvalue weighted by molar-refractivity contribution is 9.10. The molecule has 1 atom stereocenters. The number of amides is 2. The Morgan fingerprint density at radius 2 is 2.04 bits per heavy atom. The third-order valence-corrected chi connectivity index (χ3v) is 4.40. The van der Waals surface area contributed by atoms with Gasteiger partial charge in [-0.3, -0.25) is 9.59 Å². The Hall–Kier alpha value is -2.16. The zero-order valence-electron chi connectivity index (χ0n) is 14.2. The van der Waals surface area contributed by atoms with Gasteiger partial charge in [0.1, 0.15) is 0 Å². The molecule has 1 aromatic heterocycles. The molecule has 1 aromatic carbocycles. The van der Waals surface area contributed by atoms with E-state index in [9.17, 15) is 9.59 Å². The van der Waals surface area contributed by atoms with E-state index >= 15 is 0 Å². The minimum atomic E-state index is -0.347. The van der Waals surface area contributed by atoms with Crippen molar-refractivity contribution in [2.45, 2.75) is 6.10 Å². The number of furan rings is 1. The molecule has 138 valence electrons. The molecule has 1 saturated heterocycles. The second kappa shape index (κ2) is 8.48. The van der Waals surface area contributed by atoms with Crippen LogP contribution in [0.4, 0.5) is 5.69 Å². The van der Waals surface area contributed by atoms with E-state index in [2.05, 4.69) is 21.2 Å². The van der Waals surface area contributed by atoms with Crippen LogP contribution in [0.2, 0.25) is 0 Å². The summed E-state index contributed by atoms with van der Waals surface area (Å²) in [6, 6.07) is 10.1. The van der Waals surface area contributed by atoms with E-state index in [1.54, 1.807) is 43.4 Å². The fraction of sp³-hybridized carbons (Fsp3) is 0.333. The van der Waals surface area contributed by atoms with Gasteiger partial charge >= 0.3 is 0 Å². The van der Waals surface area contributed by atoms with Crippen LogP contribution >= 0.6 is 15.9 Å². The molecule has 0 radical (unpaired) electrons. The normalized spacial score (nSPS) is 16.9. The van der Waals surface area contributed by atoms with E-state index in [4.69, 9.17) is 13.9 Å². The third-order valence-electron chi connectivity index (χ3n) is 3.97. The van der Waals surface area contributed by atoms with Gasteiger partial charge in [-0.05, 0) is 40.2 Å². The Balaban J connectivity index is 1.72. The van der Waals surface area contributed by atoms with E-state index < -0.39 is 0 Å². The molecule has 1 N–H and O–H groups in total. The summed E-state index contributed by atoms with van der Waals surface area (Å²) < 4.78 is 16.6. The summed E-state index contributed by atoms with van der Waals surface area (Å²) in [5, 5.41) is 2.83. The second-order valence-electron chi connectivity index (χ2n) is 5.76. The van der Waals surface area contributed by atoms with Crippen molar-refractivity contribution in [1.82, 2.24) is 5.32 Å². The van der Waals surface area contributed by atoms with Gasteiger partial charge in [-0.15, -0.1) is 0 Å². The van der Waals surface area contributed by atoms with Crippen molar-refractivity contribution < 1.29 is 23.5 Å². The topological polar surface area (TPSA) is 81.0 Å². The van der Waals surface area contributed by atoms with Crippen LogP contribution in [0.5, 0.6) is 0 Å². The molecule has 2 aromatic rings. The number of carbonyl (C=O) groups is 2. The number of hydrogen-bond donors (Lipinski definition) is 1. The summed E-state index contributed by atoms with van der Waals surface area (Å²) >= 11 is 3.18. The van der Waals surface area contributed by atoms with Crippen LogP contribution in [0.15, 0.2) is 45.5 Å². The molecule has 0 spiro atoms. The predicted octanol–water partition coefficient (Wildman–Crippen LogP) is 2.46. The lowest BCUT2D eigenvalue weighted by molar-refractivity contribution is -0.0855. The van der Waals surface area contributed by atoms with Crippen LogP contribution in [0.1, 0.15) is 20.9 Å². The average molecular weight is 423 g/mol. The number of ether oxygens (including phenoxy) is 2. The molecular formula is C18H19BrN2O5. The number of para-hydroxylation sites is 1. The number of rotatable bonds is 5. The number of hydrogen-bond acceptors (Lipinski definition) is 5. The summed E-state index contributed by atoms with van der Waals surface area (Å²) in [5.74, 6) is -0.447. The van der Waals surface area contributed by atoms with Gasteiger partial charge in [-0.25, -0.2) is 0 Å². The maximum absolute atomic E-state index is 12.6. The summed E-state index contributed by atoms with van der Waals surface area (Å²) in [4.78, 5) is 26.6. The molecule has 0 saturated carbocycles. The maximum Gasteiger partial charge on any atom is 0.293 e. The Labute approximate surface area is 159 Å². The standard InChI is InChI=1S/C18H19BrN2O5/c1-21(18(23)15-6-7-16(19)26-15)14-5-3-2-4-13(14)17(22)20-10-12-11-24-8-9-25-12/h2-7,12H,8-11H2,1H3,(H,20,22)/t12-/m0/s1. The average Bonchev–Trinajstić information content (AvgIpc) is 3.12. The zero-order valence-corrected chi connectivity index (χ0v) is 15.8. The van der Waals surface area contributed by atoms with Crippen LogP contribution in [-0.2, 0) is 9.47 Å². The molecule has 1 fully saturated rings. The number of benzene rings is 1. The minimum Gasteiger partial charge on any atom is -0.444 e. The van der Waals surface area contributed by atoms with Crippen molar-refractivity contribution in [2.24, 2.45) is 0 Å². The van der Waals surface area contributed by atoms with Crippen molar-refractivity contribution in [3.8, 4) is 0 Å². The van der Waals surface area contributed by atoms with Gasteiger partial charge in [-0.1, -0.05) is 12.1 Å². The molecule has 2 heterocycles. The number of nitrogens with zero attached hydrogens (tertiary/aromatic N) is 1. The van der Waals surface area contributed by atoms with Gasteiger partial charge in [0, 0.05) is 13.6 Å². The van der Waals surface area contributed by atoms with Crippen LogP contribution in [-0.4, -0.2) is 51.3 Å². The van der Waals surface area contributed by atoms with Crippen molar-refractivity contribution in [1.29, 1.82) is 0 Å². The molecule has 1 aliphatic heterocycles. The van der Waals surface area contributed by atoms with Crippen molar-refractivity contribution in [3.63, 3.8) is 0 Å². The Morgan fingerprint density at radius 1 is 1.23 bits per heavy atom. The quantitative estimate of drug-likeness (QED) is 0.800. The first kappa shape index (κ1) is 18.6. The summed E-state index contributed by atoms with van der Waals surface area (Å²) in [7, 11) is 1.60. The lowest BCUT2D eigenvalue weighted by Crippen LogP contribution is -2.40. The van der Waals surface area contributed by atoms with Gasteiger partial charge in [0.05, 0.1) is 37.2 Å². The first-order valence-corrected chi connectivity index (χ1v) is 8.95. The molecule has 0 aliphatic carbocycles. The second-order valence-corrected chi connectivity index (χ2v) is 6.54. The van der Waals surface area contributed by atoms with Crippen LogP contribution < -0.4 is 10.2 Å². The van der Waals surface area contributed by atoms with Gasteiger partial charge < -0.3 is 24.1 Å². The monoisotopic (exact) mass is 422 g/mol. The van der Waals surface area contributed by atoms with E-state index in [-0.39, 0.29) is 23.7 Å². The van der Waals surface area contributed by atoms with E-state index in [0.29, 0.717) is 42.3 Å². The highest BCUT2D eigenvalue weighted by Crippen LogP contribution is 2.23.